The van der Waals surface area contributed by atoms with Gasteiger partial charge in [0.05, 0.1) is 6.61 Å². The molecule has 1 amide bonds. The molecule has 0 aliphatic carbocycles. The Balaban J connectivity index is 2.45. The Morgan fingerprint density at radius 1 is 1.42 bits per heavy atom. The molecule has 19 heavy (non-hydrogen) atoms. The number of nitrogens with zero attached hydrogens (tertiary/aromatic N) is 1. The molecule has 0 radical (unpaired) electrons. The highest BCUT2D eigenvalue weighted by Crippen LogP contribution is 2.30. The van der Waals surface area contributed by atoms with Gasteiger partial charge in [0, 0.05) is 17.8 Å². The van der Waals surface area contributed by atoms with E-state index in [9.17, 15) is 14.3 Å². The fourth-order valence-electron chi connectivity index (χ4n) is 2.56. The van der Waals surface area contributed by atoms with Gasteiger partial charge in [-0.15, -0.1) is 0 Å². The van der Waals surface area contributed by atoms with Crippen molar-refractivity contribution < 1.29 is 14.3 Å². The number of carbonyl (C=O) groups is 1. The van der Waals surface area contributed by atoms with Crippen molar-refractivity contribution in [2.24, 2.45) is 0 Å². The number of rotatable bonds is 2. The van der Waals surface area contributed by atoms with Crippen LogP contribution in [0, 0.1) is 5.82 Å². The van der Waals surface area contributed by atoms with Gasteiger partial charge < -0.3 is 15.3 Å². The fraction of sp³-hybridized carbons (Fsp3) is 0.500. The predicted octanol–water partition coefficient (Wildman–Crippen LogP) is 1.29. The second-order valence-electron chi connectivity index (χ2n) is 5.40. The zero-order chi connectivity index (χ0) is 14.0. The van der Waals surface area contributed by atoms with Gasteiger partial charge in [0.15, 0.2) is 0 Å². The lowest BCUT2D eigenvalue weighted by Gasteiger charge is -2.42. The van der Waals surface area contributed by atoms with Crippen LogP contribution in [-0.4, -0.2) is 35.7 Å². The van der Waals surface area contributed by atoms with E-state index in [1.807, 2.05) is 18.7 Å². The number of hydrogen-bond donors (Lipinski definition) is 2. The maximum atomic E-state index is 13.0. The molecule has 0 aromatic heterocycles. The van der Waals surface area contributed by atoms with Crippen molar-refractivity contribution in [3.05, 3.63) is 30.1 Å². The van der Waals surface area contributed by atoms with Gasteiger partial charge in [-0.05, 0) is 44.5 Å². The number of amides is 1. The standard InChI is InChI=1S/C14H19FN2O2/c1-14(2)7-8-16-13(19)12(9-18)17(14)11-5-3-10(15)4-6-11/h3-6,12,18H,7-9H2,1-2H3,(H,16,19). The van der Waals surface area contributed by atoms with Gasteiger partial charge in [-0.1, -0.05) is 0 Å². The molecule has 1 fully saturated rings. The molecule has 1 aliphatic heterocycles. The molecule has 1 aliphatic rings. The van der Waals surface area contributed by atoms with Crippen LogP contribution in [0.25, 0.3) is 0 Å². The van der Waals surface area contributed by atoms with Gasteiger partial charge in [-0.3, -0.25) is 4.79 Å². The van der Waals surface area contributed by atoms with Gasteiger partial charge in [0.25, 0.3) is 0 Å². The molecule has 5 heteroatoms. The molecule has 1 heterocycles. The van der Waals surface area contributed by atoms with Gasteiger partial charge in [-0.25, -0.2) is 4.39 Å². The highest BCUT2D eigenvalue weighted by atomic mass is 19.1. The minimum Gasteiger partial charge on any atom is -0.394 e. The average molecular weight is 266 g/mol. The van der Waals surface area contributed by atoms with Gasteiger partial charge in [-0.2, -0.15) is 0 Å². The zero-order valence-electron chi connectivity index (χ0n) is 11.2. The summed E-state index contributed by atoms with van der Waals surface area (Å²) in [5.74, 6) is -0.515. The lowest BCUT2D eigenvalue weighted by atomic mass is 9.96. The summed E-state index contributed by atoms with van der Waals surface area (Å²) in [5.41, 5.74) is 0.437. The molecule has 1 saturated heterocycles. The van der Waals surface area contributed by atoms with E-state index >= 15 is 0 Å². The summed E-state index contributed by atoms with van der Waals surface area (Å²) < 4.78 is 13.0. The fourth-order valence-corrected chi connectivity index (χ4v) is 2.56. The van der Waals surface area contributed by atoms with Crippen LogP contribution in [0.3, 0.4) is 0 Å². The first-order chi connectivity index (χ1) is 8.95. The molecule has 4 nitrogen and oxygen atoms in total. The lowest BCUT2D eigenvalue weighted by molar-refractivity contribution is -0.122. The first-order valence-corrected chi connectivity index (χ1v) is 6.39. The molecule has 0 saturated carbocycles. The van der Waals surface area contributed by atoms with E-state index in [0.29, 0.717) is 6.54 Å². The summed E-state index contributed by atoms with van der Waals surface area (Å²) in [5, 5.41) is 12.3. The number of aliphatic hydroxyl groups is 1. The molecule has 1 aromatic carbocycles. The first-order valence-electron chi connectivity index (χ1n) is 6.39. The third-order valence-corrected chi connectivity index (χ3v) is 3.58. The van der Waals surface area contributed by atoms with Crippen LogP contribution in [0.5, 0.6) is 0 Å². The van der Waals surface area contributed by atoms with Crippen molar-refractivity contribution in [1.29, 1.82) is 0 Å². The minimum absolute atomic E-state index is 0.197. The molecule has 1 aromatic rings. The maximum Gasteiger partial charge on any atom is 0.245 e. The number of hydrogen-bond acceptors (Lipinski definition) is 3. The van der Waals surface area contributed by atoms with Crippen LogP contribution in [-0.2, 0) is 4.79 Å². The predicted molar refractivity (Wildman–Crippen MR) is 71.5 cm³/mol. The number of nitrogens with one attached hydrogen (secondary N) is 1. The summed E-state index contributed by atoms with van der Waals surface area (Å²) in [6.45, 7) is 4.32. The number of carbonyl (C=O) groups excluding carboxylic acids is 1. The normalized spacial score (nSPS) is 22.8. The van der Waals surface area contributed by atoms with E-state index < -0.39 is 6.04 Å². The van der Waals surface area contributed by atoms with Gasteiger partial charge in [0.1, 0.15) is 11.9 Å². The molecule has 104 valence electrons. The average Bonchev–Trinajstić information content (AvgIpc) is 2.47. The van der Waals surface area contributed by atoms with E-state index in [0.717, 1.165) is 12.1 Å². The molecular formula is C14H19FN2O2. The molecular weight excluding hydrogens is 247 g/mol. The lowest BCUT2D eigenvalue weighted by Crippen LogP contribution is -2.54. The Morgan fingerprint density at radius 3 is 2.63 bits per heavy atom. The van der Waals surface area contributed by atoms with Gasteiger partial charge in [0.2, 0.25) is 5.91 Å². The van der Waals surface area contributed by atoms with Crippen LogP contribution < -0.4 is 10.2 Å². The number of aliphatic hydroxyl groups excluding tert-OH is 1. The van der Waals surface area contributed by atoms with E-state index in [1.165, 1.54) is 12.1 Å². The molecule has 1 atom stereocenters. The minimum atomic E-state index is -0.650. The summed E-state index contributed by atoms with van der Waals surface area (Å²) in [7, 11) is 0. The topological polar surface area (TPSA) is 52.6 Å². The Bertz CT molecular complexity index is 459. The first kappa shape index (κ1) is 13.8. The SMILES string of the molecule is CC1(C)CCNC(=O)C(CO)N1c1ccc(F)cc1. The van der Waals surface area contributed by atoms with Crippen molar-refractivity contribution in [2.75, 3.05) is 18.1 Å². The summed E-state index contributed by atoms with van der Waals surface area (Å²) >= 11 is 0. The summed E-state index contributed by atoms with van der Waals surface area (Å²) in [6.07, 6.45) is 0.757. The largest absolute Gasteiger partial charge is 0.394 e. The number of benzene rings is 1. The second kappa shape index (κ2) is 5.17. The van der Waals surface area contributed by atoms with Gasteiger partial charge >= 0.3 is 0 Å². The highest BCUT2D eigenvalue weighted by Gasteiger charge is 2.38. The number of anilines is 1. The molecule has 0 bridgehead atoms. The summed E-state index contributed by atoms with van der Waals surface area (Å²) in [6, 6.07) is 5.35. The van der Waals surface area contributed by atoms with E-state index in [1.54, 1.807) is 12.1 Å². The van der Waals surface area contributed by atoms with Crippen LogP contribution >= 0.6 is 0 Å². The second-order valence-corrected chi connectivity index (χ2v) is 5.40. The van der Waals surface area contributed by atoms with Crippen LogP contribution in [0.15, 0.2) is 24.3 Å². The zero-order valence-corrected chi connectivity index (χ0v) is 11.2. The third-order valence-electron chi connectivity index (χ3n) is 3.58. The van der Waals surface area contributed by atoms with Crippen molar-refractivity contribution in [3.63, 3.8) is 0 Å². The molecule has 2 rings (SSSR count). The highest BCUT2D eigenvalue weighted by molar-refractivity contribution is 5.86. The Kier molecular flexibility index (Phi) is 3.75. The monoisotopic (exact) mass is 266 g/mol. The van der Waals surface area contributed by atoms with Crippen LogP contribution in [0.4, 0.5) is 10.1 Å². The quantitative estimate of drug-likeness (QED) is 0.848. The van der Waals surface area contributed by atoms with Crippen LogP contribution in [0.2, 0.25) is 0 Å². The van der Waals surface area contributed by atoms with Crippen LogP contribution in [0.1, 0.15) is 20.3 Å². The molecule has 1 unspecified atom stereocenters. The van der Waals surface area contributed by atoms with Crippen molar-refractivity contribution in [3.8, 4) is 0 Å². The molecule has 0 spiro atoms. The van der Waals surface area contributed by atoms with E-state index in [2.05, 4.69) is 5.32 Å². The van der Waals surface area contributed by atoms with Crippen molar-refractivity contribution in [2.45, 2.75) is 31.8 Å². The molecule has 2 N–H and O–H groups in total. The van der Waals surface area contributed by atoms with Crippen molar-refractivity contribution in [1.82, 2.24) is 5.32 Å². The Hall–Kier alpha value is -1.62. The summed E-state index contributed by atoms with van der Waals surface area (Å²) in [4.78, 5) is 13.9. The van der Waals surface area contributed by atoms with Crippen molar-refractivity contribution >= 4 is 11.6 Å². The maximum absolute atomic E-state index is 13.0. The van der Waals surface area contributed by atoms with E-state index in [-0.39, 0.29) is 23.9 Å². The third kappa shape index (κ3) is 2.71. The Labute approximate surface area is 112 Å². The van der Waals surface area contributed by atoms with E-state index in [4.69, 9.17) is 0 Å². The number of halogens is 1. The Morgan fingerprint density at radius 2 is 2.05 bits per heavy atom. The smallest absolute Gasteiger partial charge is 0.245 e.